The van der Waals surface area contributed by atoms with Crippen LogP contribution >= 0.6 is 0 Å². The van der Waals surface area contributed by atoms with E-state index >= 15 is 0 Å². The summed E-state index contributed by atoms with van der Waals surface area (Å²) >= 11 is 0. The highest BCUT2D eigenvalue weighted by atomic mass is 16.3. The van der Waals surface area contributed by atoms with Gasteiger partial charge in [0.15, 0.2) is 0 Å². The number of aliphatic hydroxyl groups is 1. The summed E-state index contributed by atoms with van der Waals surface area (Å²) in [5.41, 5.74) is 10.5. The monoisotopic (exact) mass is 324 g/mol. The number of fused-ring (bicyclic) bond motifs is 1. The Morgan fingerprint density at radius 3 is 3.08 bits per heavy atom. The summed E-state index contributed by atoms with van der Waals surface area (Å²) in [7, 11) is 0. The minimum absolute atomic E-state index is 0.146. The first-order valence-corrected chi connectivity index (χ1v) is 8.12. The number of aryl methyl sites for hydroxylation is 1. The lowest BCUT2D eigenvalue weighted by atomic mass is 10.1. The van der Waals surface area contributed by atoms with E-state index in [0.29, 0.717) is 0 Å². The number of aromatic nitrogens is 4. The van der Waals surface area contributed by atoms with Crippen LogP contribution in [-0.4, -0.2) is 44.2 Å². The van der Waals surface area contributed by atoms with E-state index in [4.69, 9.17) is 5.73 Å². The number of aromatic amines is 1. The minimum atomic E-state index is 0.146. The average molecular weight is 324 g/mol. The SMILES string of the molecule is Cc1cnc2[nH]cc(-c3ccnc(N)n3)c2c1N1CCCC1CO. The number of hydrogen-bond acceptors (Lipinski definition) is 6. The van der Waals surface area contributed by atoms with Gasteiger partial charge in [-0.3, -0.25) is 0 Å². The highest BCUT2D eigenvalue weighted by Gasteiger charge is 2.28. The molecule has 4 rings (SSSR count). The number of anilines is 2. The van der Waals surface area contributed by atoms with Crippen LogP contribution in [-0.2, 0) is 0 Å². The van der Waals surface area contributed by atoms with Crippen LogP contribution in [0.4, 0.5) is 11.6 Å². The van der Waals surface area contributed by atoms with Crippen molar-refractivity contribution in [3.63, 3.8) is 0 Å². The molecule has 1 atom stereocenters. The summed E-state index contributed by atoms with van der Waals surface area (Å²) < 4.78 is 0. The number of H-pyrrole nitrogens is 1. The van der Waals surface area contributed by atoms with Crippen molar-refractivity contribution in [3.05, 3.63) is 30.2 Å². The summed E-state index contributed by atoms with van der Waals surface area (Å²) in [6.07, 6.45) is 7.52. The molecule has 1 aliphatic heterocycles. The number of nitrogen functional groups attached to an aromatic ring is 1. The summed E-state index contributed by atoms with van der Waals surface area (Å²) in [6.45, 7) is 3.14. The van der Waals surface area contributed by atoms with Gasteiger partial charge in [0.2, 0.25) is 5.95 Å². The largest absolute Gasteiger partial charge is 0.394 e. The molecule has 0 aromatic carbocycles. The van der Waals surface area contributed by atoms with Gasteiger partial charge in [-0.2, -0.15) is 0 Å². The van der Waals surface area contributed by atoms with Gasteiger partial charge in [0.1, 0.15) is 5.65 Å². The fourth-order valence-electron chi connectivity index (χ4n) is 3.59. The molecule has 0 saturated carbocycles. The van der Waals surface area contributed by atoms with Gasteiger partial charge in [0, 0.05) is 30.7 Å². The van der Waals surface area contributed by atoms with Gasteiger partial charge < -0.3 is 20.7 Å². The molecule has 0 aliphatic carbocycles. The fraction of sp³-hybridized carbons (Fsp3) is 0.353. The first-order chi connectivity index (χ1) is 11.7. The number of nitrogens with one attached hydrogen (secondary N) is 1. The van der Waals surface area contributed by atoms with Crippen molar-refractivity contribution >= 4 is 22.7 Å². The Bertz CT molecular complexity index is 890. The number of aliphatic hydroxyl groups excluding tert-OH is 1. The van der Waals surface area contributed by atoms with Crippen molar-refractivity contribution in [2.45, 2.75) is 25.8 Å². The number of pyridine rings is 1. The molecule has 0 bridgehead atoms. The van der Waals surface area contributed by atoms with Crippen molar-refractivity contribution in [3.8, 4) is 11.3 Å². The van der Waals surface area contributed by atoms with Crippen LogP contribution < -0.4 is 10.6 Å². The van der Waals surface area contributed by atoms with Crippen LogP contribution in [0.15, 0.2) is 24.7 Å². The first kappa shape index (κ1) is 14.9. The third-order valence-electron chi connectivity index (χ3n) is 4.68. The smallest absolute Gasteiger partial charge is 0.220 e. The molecular weight excluding hydrogens is 304 g/mol. The van der Waals surface area contributed by atoms with Crippen molar-refractivity contribution < 1.29 is 5.11 Å². The van der Waals surface area contributed by atoms with E-state index in [0.717, 1.165) is 52.9 Å². The summed E-state index contributed by atoms with van der Waals surface area (Å²) in [5, 5.41) is 10.8. The molecule has 1 saturated heterocycles. The summed E-state index contributed by atoms with van der Waals surface area (Å²) in [6, 6.07) is 1.99. The Hall–Kier alpha value is -2.67. The van der Waals surface area contributed by atoms with Crippen molar-refractivity contribution in [1.29, 1.82) is 0 Å². The zero-order valence-electron chi connectivity index (χ0n) is 13.5. The second-order valence-corrected chi connectivity index (χ2v) is 6.19. The molecular formula is C17H20N6O. The maximum Gasteiger partial charge on any atom is 0.220 e. The molecule has 1 aliphatic rings. The molecule has 4 heterocycles. The lowest BCUT2D eigenvalue weighted by molar-refractivity contribution is 0.266. The molecule has 7 heteroatoms. The fourth-order valence-corrected chi connectivity index (χ4v) is 3.59. The van der Waals surface area contributed by atoms with Crippen molar-refractivity contribution in [1.82, 2.24) is 19.9 Å². The zero-order chi connectivity index (χ0) is 16.7. The van der Waals surface area contributed by atoms with Gasteiger partial charge in [-0.1, -0.05) is 0 Å². The van der Waals surface area contributed by atoms with Crippen molar-refractivity contribution in [2.24, 2.45) is 0 Å². The minimum Gasteiger partial charge on any atom is -0.394 e. The topological polar surface area (TPSA) is 104 Å². The molecule has 0 spiro atoms. The van der Waals surface area contributed by atoms with Crippen LogP contribution in [0.2, 0.25) is 0 Å². The van der Waals surface area contributed by atoms with E-state index < -0.39 is 0 Å². The van der Waals surface area contributed by atoms with Crippen LogP contribution in [0.1, 0.15) is 18.4 Å². The lowest BCUT2D eigenvalue weighted by Gasteiger charge is -2.28. The Kier molecular flexibility index (Phi) is 3.57. The molecule has 1 unspecified atom stereocenters. The van der Waals surface area contributed by atoms with E-state index in [-0.39, 0.29) is 18.6 Å². The van der Waals surface area contributed by atoms with Crippen LogP contribution in [0.25, 0.3) is 22.3 Å². The van der Waals surface area contributed by atoms with Gasteiger partial charge in [0.05, 0.1) is 29.4 Å². The van der Waals surface area contributed by atoms with Crippen LogP contribution in [0.3, 0.4) is 0 Å². The Balaban J connectivity index is 1.96. The normalized spacial score (nSPS) is 17.8. The first-order valence-electron chi connectivity index (χ1n) is 8.12. The number of nitrogens with two attached hydrogens (primary N) is 1. The highest BCUT2D eigenvalue weighted by Crippen LogP contribution is 2.39. The average Bonchev–Trinajstić information content (AvgIpc) is 3.21. The Morgan fingerprint density at radius 2 is 2.29 bits per heavy atom. The maximum atomic E-state index is 9.73. The van der Waals surface area contributed by atoms with Gasteiger partial charge in [-0.15, -0.1) is 0 Å². The summed E-state index contributed by atoms with van der Waals surface area (Å²) in [4.78, 5) is 18.4. The third-order valence-corrected chi connectivity index (χ3v) is 4.68. The lowest BCUT2D eigenvalue weighted by Crippen LogP contribution is -2.32. The predicted octanol–water partition coefficient (Wildman–Crippen LogP) is 1.87. The molecule has 124 valence electrons. The zero-order valence-corrected chi connectivity index (χ0v) is 13.5. The second kappa shape index (κ2) is 5.76. The highest BCUT2D eigenvalue weighted by molar-refractivity contribution is 6.03. The van der Waals surface area contributed by atoms with Gasteiger partial charge in [-0.05, 0) is 31.4 Å². The number of hydrogen-bond donors (Lipinski definition) is 3. The van der Waals surface area contributed by atoms with E-state index in [2.05, 4.69) is 31.8 Å². The van der Waals surface area contributed by atoms with Crippen LogP contribution in [0, 0.1) is 6.92 Å². The van der Waals surface area contributed by atoms with E-state index in [1.807, 2.05) is 18.5 Å². The van der Waals surface area contributed by atoms with E-state index in [9.17, 15) is 5.11 Å². The number of rotatable bonds is 3. The standard InChI is InChI=1S/C17H20N6O/c1-10-7-20-16-14(15(10)23-6-2-3-11(23)9-24)12(8-21-16)13-4-5-19-17(18)22-13/h4-5,7-8,11,24H,2-3,6,9H2,1H3,(H,20,21)(H2,18,19,22). The number of nitrogens with zero attached hydrogens (tertiary/aromatic N) is 4. The Labute approximate surface area is 139 Å². The van der Waals surface area contributed by atoms with Gasteiger partial charge in [0.25, 0.3) is 0 Å². The quantitative estimate of drug-likeness (QED) is 0.679. The molecule has 0 radical (unpaired) electrons. The Morgan fingerprint density at radius 1 is 1.42 bits per heavy atom. The van der Waals surface area contributed by atoms with Gasteiger partial charge in [-0.25, -0.2) is 15.0 Å². The molecule has 0 amide bonds. The third kappa shape index (κ3) is 2.28. The van der Waals surface area contributed by atoms with Crippen molar-refractivity contribution in [2.75, 3.05) is 23.8 Å². The molecule has 3 aromatic heterocycles. The molecule has 4 N–H and O–H groups in total. The van der Waals surface area contributed by atoms with E-state index in [1.165, 1.54) is 0 Å². The second-order valence-electron chi connectivity index (χ2n) is 6.19. The maximum absolute atomic E-state index is 9.73. The van der Waals surface area contributed by atoms with Gasteiger partial charge >= 0.3 is 0 Å². The van der Waals surface area contributed by atoms with Crippen LogP contribution in [0.5, 0.6) is 0 Å². The van der Waals surface area contributed by atoms with E-state index in [1.54, 1.807) is 6.20 Å². The molecule has 7 nitrogen and oxygen atoms in total. The molecule has 24 heavy (non-hydrogen) atoms. The summed E-state index contributed by atoms with van der Waals surface area (Å²) in [5.74, 6) is 0.249. The molecule has 3 aromatic rings. The predicted molar refractivity (Wildman–Crippen MR) is 93.7 cm³/mol. The molecule has 1 fully saturated rings.